The first kappa shape index (κ1) is 16.5. The number of hydrogen-bond acceptors (Lipinski definition) is 6. The smallest absolute Gasteiger partial charge is 0.230 e. The SMILES string of the molecule is CCc1nc2sc([C@H](c3cccc(C)c3)N3CCOCC3)c(O)n2n1. The summed E-state index contributed by atoms with van der Waals surface area (Å²) < 4.78 is 7.09. The van der Waals surface area contributed by atoms with Gasteiger partial charge in [-0.15, -0.1) is 5.10 Å². The fourth-order valence-electron chi connectivity index (χ4n) is 3.32. The first-order chi connectivity index (χ1) is 12.2. The molecule has 1 atom stereocenters. The van der Waals surface area contributed by atoms with Crippen LogP contribution >= 0.6 is 11.3 Å². The maximum atomic E-state index is 10.8. The van der Waals surface area contributed by atoms with Crippen molar-refractivity contribution in [3.8, 4) is 5.88 Å². The van der Waals surface area contributed by atoms with Crippen molar-refractivity contribution in [1.29, 1.82) is 0 Å². The molecule has 0 saturated carbocycles. The lowest BCUT2D eigenvalue weighted by Crippen LogP contribution is -2.39. The Bertz CT molecular complexity index is 882. The average molecular weight is 358 g/mol. The van der Waals surface area contributed by atoms with Crippen molar-refractivity contribution in [2.45, 2.75) is 26.3 Å². The quantitative estimate of drug-likeness (QED) is 0.777. The highest BCUT2D eigenvalue weighted by Crippen LogP contribution is 2.40. The van der Waals surface area contributed by atoms with E-state index >= 15 is 0 Å². The van der Waals surface area contributed by atoms with Gasteiger partial charge in [0.25, 0.3) is 0 Å². The average Bonchev–Trinajstić information content (AvgIpc) is 3.16. The molecule has 1 N–H and O–H groups in total. The van der Waals surface area contributed by atoms with Crippen molar-refractivity contribution < 1.29 is 9.84 Å². The van der Waals surface area contributed by atoms with Crippen molar-refractivity contribution >= 4 is 16.3 Å². The Kier molecular flexibility index (Phi) is 4.45. The van der Waals surface area contributed by atoms with Gasteiger partial charge in [0.2, 0.25) is 10.8 Å². The maximum Gasteiger partial charge on any atom is 0.230 e. The van der Waals surface area contributed by atoms with Crippen molar-refractivity contribution in [3.05, 3.63) is 46.1 Å². The van der Waals surface area contributed by atoms with Crippen molar-refractivity contribution in [3.63, 3.8) is 0 Å². The molecule has 1 aliphatic heterocycles. The number of morpholine rings is 1. The molecule has 0 aliphatic carbocycles. The van der Waals surface area contributed by atoms with E-state index in [0.29, 0.717) is 13.2 Å². The number of ether oxygens (including phenoxy) is 1. The Balaban J connectivity index is 1.82. The molecule has 0 bridgehead atoms. The largest absolute Gasteiger partial charge is 0.492 e. The van der Waals surface area contributed by atoms with Gasteiger partial charge in [0, 0.05) is 19.5 Å². The van der Waals surface area contributed by atoms with Crippen LogP contribution in [0.15, 0.2) is 24.3 Å². The minimum absolute atomic E-state index is 0.0117. The molecule has 7 heteroatoms. The molecule has 1 aliphatic rings. The van der Waals surface area contributed by atoms with Gasteiger partial charge in [-0.3, -0.25) is 4.90 Å². The minimum Gasteiger partial charge on any atom is -0.492 e. The van der Waals surface area contributed by atoms with Crippen LogP contribution in [0.4, 0.5) is 0 Å². The van der Waals surface area contributed by atoms with Gasteiger partial charge in [-0.05, 0) is 12.5 Å². The Morgan fingerprint density at radius 3 is 2.80 bits per heavy atom. The number of fused-ring (bicyclic) bond motifs is 1. The summed E-state index contributed by atoms with van der Waals surface area (Å²) in [6.07, 6.45) is 0.758. The maximum absolute atomic E-state index is 10.8. The molecule has 1 saturated heterocycles. The molecule has 4 rings (SSSR count). The first-order valence-corrected chi connectivity index (χ1v) is 9.44. The molecule has 2 aromatic heterocycles. The lowest BCUT2D eigenvalue weighted by Gasteiger charge is -2.34. The molecule has 0 spiro atoms. The molecule has 1 aromatic carbocycles. The molecular formula is C18H22N4O2S. The van der Waals surface area contributed by atoms with E-state index in [0.717, 1.165) is 35.2 Å². The van der Waals surface area contributed by atoms with Crippen molar-refractivity contribution in [2.24, 2.45) is 0 Å². The van der Waals surface area contributed by atoms with Gasteiger partial charge < -0.3 is 9.84 Å². The van der Waals surface area contributed by atoms with Crippen molar-refractivity contribution in [2.75, 3.05) is 26.3 Å². The summed E-state index contributed by atoms with van der Waals surface area (Å²) in [7, 11) is 0. The van der Waals surface area contributed by atoms with Crippen LogP contribution in [0.2, 0.25) is 0 Å². The predicted octanol–water partition coefficient (Wildman–Crippen LogP) is 2.79. The highest BCUT2D eigenvalue weighted by atomic mass is 32.1. The summed E-state index contributed by atoms with van der Waals surface area (Å²) in [5, 5.41) is 15.3. The third kappa shape index (κ3) is 3.03. The molecule has 0 radical (unpaired) electrons. The predicted molar refractivity (Wildman–Crippen MR) is 97.3 cm³/mol. The van der Waals surface area contributed by atoms with E-state index < -0.39 is 0 Å². The van der Waals surface area contributed by atoms with E-state index in [9.17, 15) is 5.11 Å². The summed E-state index contributed by atoms with van der Waals surface area (Å²) in [6.45, 7) is 7.21. The summed E-state index contributed by atoms with van der Waals surface area (Å²) in [4.78, 5) is 8.52. The molecule has 0 amide bonds. The van der Waals surface area contributed by atoms with Gasteiger partial charge in [0.15, 0.2) is 5.82 Å². The van der Waals surface area contributed by atoms with E-state index in [-0.39, 0.29) is 11.9 Å². The Morgan fingerprint density at radius 2 is 2.12 bits per heavy atom. The zero-order valence-electron chi connectivity index (χ0n) is 14.5. The molecule has 6 nitrogen and oxygen atoms in total. The normalized spacial score (nSPS) is 17.2. The Labute approximate surface area is 150 Å². The second kappa shape index (κ2) is 6.74. The molecule has 1 fully saturated rings. The summed E-state index contributed by atoms with van der Waals surface area (Å²) in [5.74, 6) is 0.955. The van der Waals surface area contributed by atoms with Gasteiger partial charge in [-0.1, -0.05) is 48.1 Å². The third-order valence-electron chi connectivity index (χ3n) is 4.58. The van der Waals surface area contributed by atoms with E-state index in [1.165, 1.54) is 22.5 Å². The molecule has 25 heavy (non-hydrogen) atoms. The van der Waals surface area contributed by atoms with Gasteiger partial charge in [-0.2, -0.15) is 4.52 Å². The number of benzene rings is 1. The second-order valence-electron chi connectivity index (χ2n) is 6.33. The van der Waals surface area contributed by atoms with Crippen molar-refractivity contribution in [1.82, 2.24) is 19.5 Å². The Hall–Kier alpha value is -1.96. The number of thiazole rings is 1. The lowest BCUT2D eigenvalue weighted by molar-refractivity contribution is 0.0241. The van der Waals surface area contributed by atoms with E-state index in [2.05, 4.69) is 46.2 Å². The van der Waals surface area contributed by atoms with E-state index in [1.807, 2.05) is 6.92 Å². The third-order valence-corrected chi connectivity index (χ3v) is 5.65. The van der Waals surface area contributed by atoms with Crippen LogP contribution < -0.4 is 0 Å². The number of aryl methyl sites for hydroxylation is 2. The van der Waals surface area contributed by atoms with Crippen LogP contribution in [0.25, 0.3) is 4.96 Å². The van der Waals surface area contributed by atoms with Crippen LogP contribution in [-0.2, 0) is 11.2 Å². The molecule has 3 heterocycles. The monoisotopic (exact) mass is 358 g/mol. The Morgan fingerprint density at radius 1 is 1.32 bits per heavy atom. The number of rotatable bonds is 4. The van der Waals surface area contributed by atoms with E-state index in [1.54, 1.807) is 4.52 Å². The molecule has 3 aromatic rings. The van der Waals surface area contributed by atoms with Crippen LogP contribution in [0.5, 0.6) is 5.88 Å². The number of hydrogen-bond donors (Lipinski definition) is 1. The zero-order valence-corrected chi connectivity index (χ0v) is 15.3. The summed E-state index contributed by atoms with van der Waals surface area (Å²) in [5.41, 5.74) is 2.39. The highest BCUT2D eigenvalue weighted by molar-refractivity contribution is 7.17. The molecule has 0 unspecified atom stereocenters. The van der Waals surface area contributed by atoms with Gasteiger partial charge in [-0.25, -0.2) is 4.98 Å². The fraction of sp³-hybridized carbons (Fsp3) is 0.444. The second-order valence-corrected chi connectivity index (χ2v) is 7.34. The lowest BCUT2D eigenvalue weighted by atomic mass is 10.0. The van der Waals surface area contributed by atoms with Crippen LogP contribution in [0.3, 0.4) is 0 Å². The van der Waals surface area contributed by atoms with E-state index in [4.69, 9.17) is 4.74 Å². The first-order valence-electron chi connectivity index (χ1n) is 8.63. The van der Waals surface area contributed by atoms with Gasteiger partial charge in [0.1, 0.15) is 0 Å². The summed E-state index contributed by atoms with van der Waals surface area (Å²) >= 11 is 1.52. The zero-order chi connectivity index (χ0) is 17.4. The number of aromatic hydroxyl groups is 1. The van der Waals surface area contributed by atoms with Gasteiger partial charge in [0.05, 0.1) is 24.1 Å². The van der Waals surface area contributed by atoms with Crippen LogP contribution in [-0.4, -0.2) is 50.9 Å². The van der Waals surface area contributed by atoms with Gasteiger partial charge >= 0.3 is 0 Å². The minimum atomic E-state index is -0.0117. The van der Waals surface area contributed by atoms with Crippen LogP contribution in [0, 0.1) is 6.92 Å². The summed E-state index contributed by atoms with van der Waals surface area (Å²) in [6, 6.07) is 8.46. The number of nitrogens with zero attached hydrogens (tertiary/aromatic N) is 4. The molecular weight excluding hydrogens is 336 g/mol. The standard InChI is InChI=1S/C18H22N4O2S/c1-3-14-19-18-22(20-14)17(23)16(25-18)15(21-7-9-24-10-8-21)13-6-4-5-12(2)11-13/h4-6,11,15,23H,3,7-10H2,1-2H3/t15-/m0/s1. The fourth-order valence-corrected chi connectivity index (χ4v) is 4.46. The highest BCUT2D eigenvalue weighted by Gasteiger charge is 2.30. The topological polar surface area (TPSA) is 62.9 Å². The number of aromatic nitrogens is 3. The molecule has 132 valence electrons. The van der Waals surface area contributed by atoms with Crippen LogP contribution in [0.1, 0.15) is 34.8 Å².